The number of nitrogens with zero attached hydrogens (tertiary/aromatic N) is 3. The molecular formula is C10H8LiN3O2. The third-order valence-corrected chi connectivity index (χ3v) is 1.98. The minimum atomic E-state index is -1.25. The van der Waals surface area contributed by atoms with Crippen molar-refractivity contribution in [3.05, 3.63) is 36.2 Å². The number of carbonyl (C=O) groups excluding carboxylic acids is 1. The predicted octanol–water partition coefficient (Wildman–Crippen LogP) is -3.15. The van der Waals surface area contributed by atoms with Gasteiger partial charge in [-0.1, -0.05) is 0 Å². The fourth-order valence-electron chi connectivity index (χ4n) is 1.32. The maximum atomic E-state index is 10.8. The van der Waals surface area contributed by atoms with Gasteiger partial charge in [-0.15, -0.1) is 0 Å². The van der Waals surface area contributed by atoms with E-state index in [0.717, 1.165) is 0 Å². The number of aromatic carboxylic acids is 1. The largest absolute Gasteiger partial charge is 1.00 e. The molecular weight excluding hydrogens is 201 g/mol. The van der Waals surface area contributed by atoms with E-state index in [9.17, 15) is 9.90 Å². The van der Waals surface area contributed by atoms with Gasteiger partial charge in [-0.3, -0.25) is 9.67 Å². The maximum absolute atomic E-state index is 10.8. The molecule has 76 valence electrons. The summed E-state index contributed by atoms with van der Waals surface area (Å²) in [6, 6.07) is 4.71. The number of pyridine rings is 1. The normalized spacial score (nSPS) is 9.56. The van der Waals surface area contributed by atoms with E-state index < -0.39 is 5.97 Å². The van der Waals surface area contributed by atoms with Gasteiger partial charge in [0, 0.05) is 25.0 Å². The van der Waals surface area contributed by atoms with Crippen LogP contribution in [0.4, 0.5) is 0 Å². The number of carboxylic acids is 1. The molecule has 0 fully saturated rings. The molecule has 2 heterocycles. The first-order valence-corrected chi connectivity index (χ1v) is 4.35. The van der Waals surface area contributed by atoms with E-state index >= 15 is 0 Å². The van der Waals surface area contributed by atoms with Crippen molar-refractivity contribution in [3.63, 3.8) is 0 Å². The molecule has 6 heteroatoms. The van der Waals surface area contributed by atoms with Crippen molar-refractivity contribution in [2.45, 2.75) is 0 Å². The quantitative estimate of drug-likeness (QED) is 0.490. The van der Waals surface area contributed by atoms with Crippen molar-refractivity contribution in [1.29, 1.82) is 0 Å². The number of carbonyl (C=O) groups is 1. The summed E-state index contributed by atoms with van der Waals surface area (Å²) in [4.78, 5) is 14.8. The second-order valence-corrected chi connectivity index (χ2v) is 3.06. The molecule has 0 amide bonds. The molecule has 16 heavy (non-hydrogen) atoms. The summed E-state index contributed by atoms with van der Waals surface area (Å²) in [6.07, 6.45) is 3.25. The molecule has 0 bridgehead atoms. The Hall–Kier alpha value is -1.57. The van der Waals surface area contributed by atoms with Crippen molar-refractivity contribution < 1.29 is 28.8 Å². The summed E-state index contributed by atoms with van der Waals surface area (Å²) in [6.45, 7) is 0. The predicted molar refractivity (Wildman–Crippen MR) is 50.8 cm³/mol. The second kappa shape index (κ2) is 4.97. The minimum Gasteiger partial charge on any atom is -0.545 e. The van der Waals surface area contributed by atoms with E-state index in [2.05, 4.69) is 10.1 Å². The molecule has 0 spiro atoms. The first kappa shape index (κ1) is 12.5. The molecule has 0 aliphatic carbocycles. The number of hydrogen-bond donors (Lipinski definition) is 0. The van der Waals surface area contributed by atoms with Gasteiger partial charge in [0.15, 0.2) is 0 Å². The Kier molecular flexibility index (Phi) is 3.88. The Morgan fingerprint density at radius 2 is 2.19 bits per heavy atom. The number of hydrogen-bond acceptors (Lipinski definition) is 4. The van der Waals surface area contributed by atoms with E-state index in [0.29, 0.717) is 11.4 Å². The molecule has 0 aliphatic rings. The van der Waals surface area contributed by atoms with Crippen molar-refractivity contribution >= 4 is 5.97 Å². The van der Waals surface area contributed by atoms with E-state index in [4.69, 9.17) is 0 Å². The molecule has 5 nitrogen and oxygen atoms in total. The van der Waals surface area contributed by atoms with Gasteiger partial charge in [0.2, 0.25) is 0 Å². The molecule has 2 aromatic rings. The average Bonchev–Trinajstić information content (AvgIpc) is 2.65. The summed E-state index contributed by atoms with van der Waals surface area (Å²) in [5, 5.41) is 14.9. The van der Waals surface area contributed by atoms with Crippen LogP contribution in [0.25, 0.3) is 11.4 Å². The minimum absolute atomic E-state index is 0. The van der Waals surface area contributed by atoms with Crippen molar-refractivity contribution in [1.82, 2.24) is 14.8 Å². The summed E-state index contributed by atoms with van der Waals surface area (Å²) in [5.41, 5.74) is 0.909. The molecule has 0 aromatic carbocycles. The zero-order chi connectivity index (χ0) is 10.8. The molecule has 0 unspecified atom stereocenters. The molecule has 0 saturated heterocycles. The molecule has 0 saturated carbocycles. The Morgan fingerprint density at radius 1 is 1.44 bits per heavy atom. The van der Waals surface area contributed by atoms with Gasteiger partial charge in [-0.2, -0.15) is 5.10 Å². The van der Waals surface area contributed by atoms with E-state index in [1.54, 1.807) is 30.1 Å². The molecule has 2 aromatic heterocycles. The third-order valence-electron chi connectivity index (χ3n) is 1.98. The molecule has 2 rings (SSSR count). The third kappa shape index (κ3) is 2.32. The van der Waals surface area contributed by atoms with Crippen LogP contribution in [-0.4, -0.2) is 20.7 Å². The zero-order valence-electron chi connectivity index (χ0n) is 9.04. The molecule has 0 N–H and O–H groups in total. The first-order valence-electron chi connectivity index (χ1n) is 4.35. The topological polar surface area (TPSA) is 70.8 Å². The summed E-state index contributed by atoms with van der Waals surface area (Å²) in [5.74, 6) is -1.25. The monoisotopic (exact) mass is 209 g/mol. The second-order valence-electron chi connectivity index (χ2n) is 3.06. The molecule has 0 aliphatic heterocycles. The van der Waals surface area contributed by atoms with Crippen molar-refractivity contribution in [2.75, 3.05) is 0 Å². The van der Waals surface area contributed by atoms with Gasteiger partial charge in [0.25, 0.3) is 0 Å². The summed E-state index contributed by atoms with van der Waals surface area (Å²) in [7, 11) is 1.76. The van der Waals surface area contributed by atoms with Crippen LogP contribution in [0, 0.1) is 0 Å². The smallest absolute Gasteiger partial charge is 0.545 e. The van der Waals surface area contributed by atoms with Crippen LogP contribution in [0.1, 0.15) is 10.4 Å². The Bertz CT molecular complexity index is 510. The van der Waals surface area contributed by atoms with Gasteiger partial charge in [-0.25, -0.2) is 0 Å². The van der Waals surface area contributed by atoms with Gasteiger partial charge >= 0.3 is 18.9 Å². The fraction of sp³-hybridized carbons (Fsp3) is 0.100. The number of aryl methyl sites for hydroxylation is 1. The molecule has 0 atom stereocenters. The number of carboxylic acid groups (broad SMARTS) is 1. The number of aromatic nitrogens is 3. The average molecular weight is 209 g/mol. The van der Waals surface area contributed by atoms with E-state index in [-0.39, 0.29) is 24.4 Å². The summed E-state index contributed by atoms with van der Waals surface area (Å²) >= 11 is 0. The van der Waals surface area contributed by atoms with E-state index in [1.165, 1.54) is 12.3 Å². The SMILES string of the molecule is Cn1ccc(-c2ncccc2C(=O)[O-])n1.[Li+]. The van der Waals surface area contributed by atoms with Gasteiger partial charge < -0.3 is 9.90 Å². The van der Waals surface area contributed by atoms with Crippen LogP contribution in [0.3, 0.4) is 0 Å². The van der Waals surface area contributed by atoms with Crippen LogP contribution in [0.15, 0.2) is 30.6 Å². The van der Waals surface area contributed by atoms with Gasteiger partial charge in [-0.05, 0) is 18.2 Å². The zero-order valence-corrected chi connectivity index (χ0v) is 9.04. The van der Waals surface area contributed by atoms with Crippen LogP contribution < -0.4 is 24.0 Å². The van der Waals surface area contributed by atoms with Crippen LogP contribution in [0.2, 0.25) is 0 Å². The Morgan fingerprint density at radius 3 is 2.75 bits per heavy atom. The van der Waals surface area contributed by atoms with Gasteiger partial charge in [0.05, 0.1) is 11.7 Å². The maximum Gasteiger partial charge on any atom is 1.00 e. The van der Waals surface area contributed by atoms with E-state index in [1.807, 2.05) is 0 Å². The standard InChI is InChI=1S/C10H9N3O2.Li/c1-13-6-4-8(12-13)9-7(10(14)15)3-2-5-11-9;/h2-6H,1H3,(H,14,15);/q;+1/p-1. The van der Waals surface area contributed by atoms with Crippen LogP contribution in [0.5, 0.6) is 0 Å². The fourth-order valence-corrected chi connectivity index (χ4v) is 1.32. The van der Waals surface area contributed by atoms with Crippen LogP contribution in [-0.2, 0) is 7.05 Å². The molecule has 0 radical (unpaired) electrons. The van der Waals surface area contributed by atoms with Gasteiger partial charge in [0.1, 0.15) is 5.69 Å². The Labute approximate surface area is 104 Å². The number of rotatable bonds is 2. The summed E-state index contributed by atoms with van der Waals surface area (Å²) < 4.78 is 1.59. The van der Waals surface area contributed by atoms with Crippen molar-refractivity contribution in [2.24, 2.45) is 7.05 Å². The van der Waals surface area contributed by atoms with Crippen molar-refractivity contribution in [3.8, 4) is 11.4 Å². The Balaban J connectivity index is 0.00000128. The van der Waals surface area contributed by atoms with Crippen LogP contribution >= 0.6 is 0 Å². The first-order chi connectivity index (χ1) is 7.18.